The molecule has 1 N–H and O–H groups in total. The van der Waals surface area contributed by atoms with Gasteiger partial charge in [0.05, 0.1) is 6.10 Å². The molecule has 8 heteroatoms. The van der Waals surface area contributed by atoms with E-state index in [4.69, 9.17) is 10.3 Å². The summed E-state index contributed by atoms with van der Waals surface area (Å²) < 4.78 is 7.47. The van der Waals surface area contributed by atoms with E-state index >= 15 is 0 Å². The molecule has 3 atom stereocenters. The van der Waals surface area contributed by atoms with Gasteiger partial charge in [-0.3, -0.25) is 14.3 Å². The first-order valence-corrected chi connectivity index (χ1v) is 8.57. The van der Waals surface area contributed by atoms with E-state index in [2.05, 4.69) is 28.9 Å². The summed E-state index contributed by atoms with van der Waals surface area (Å²) in [6.45, 7) is 4.66. The number of aromatic nitrogens is 2. The van der Waals surface area contributed by atoms with Crippen molar-refractivity contribution < 1.29 is 4.74 Å². The molecule has 2 heterocycles. The second-order valence-corrected chi connectivity index (χ2v) is 6.34. The molecule has 8 nitrogen and oxygen atoms in total. The number of hydrogen-bond acceptors (Lipinski definition) is 4. The molecular weight excluding hydrogens is 310 g/mol. The first kappa shape index (κ1) is 18.3. The van der Waals surface area contributed by atoms with Crippen LogP contribution in [0.3, 0.4) is 0 Å². The van der Waals surface area contributed by atoms with Crippen LogP contribution in [0.4, 0.5) is 0 Å². The average molecular weight is 335 g/mol. The number of aromatic amines is 1. The fourth-order valence-electron chi connectivity index (χ4n) is 3.18. The number of azide groups is 1. The van der Waals surface area contributed by atoms with Gasteiger partial charge in [0, 0.05) is 23.2 Å². The molecule has 1 aliphatic heterocycles. The van der Waals surface area contributed by atoms with Gasteiger partial charge in [-0.1, -0.05) is 25.4 Å². The van der Waals surface area contributed by atoms with Crippen LogP contribution >= 0.6 is 0 Å². The second-order valence-electron chi connectivity index (χ2n) is 6.34. The Morgan fingerprint density at radius 3 is 2.88 bits per heavy atom. The smallest absolute Gasteiger partial charge is 0.330 e. The summed E-state index contributed by atoms with van der Waals surface area (Å²) in [5.41, 5.74) is 8.07. The van der Waals surface area contributed by atoms with Crippen LogP contribution in [-0.4, -0.2) is 22.2 Å². The number of unbranched alkanes of at least 4 members (excludes halogenated alkanes) is 2. The molecule has 1 unspecified atom stereocenters. The van der Waals surface area contributed by atoms with Gasteiger partial charge in [-0.05, 0) is 43.6 Å². The van der Waals surface area contributed by atoms with Crippen LogP contribution in [0.5, 0.6) is 0 Å². The van der Waals surface area contributed by atoms with Gasteiger partial charge in [-0.15, -0.1) is 0 Å². The minimum absolute atomic E-state index is 0.151. The van der Waals surface area contributed by atoms with Crippen LogP contribution < -0.4 is 11.2 Å². The van der Waals surface area contributed by atoms with Crippen LogP contribution in [0, 0.1) is 5.92 Å². The highest BCUT2D eigenvalue weighted by Gasteiger charge is 2.32. The van der Waals surface area contributed by atoms with Crippen molar-refractivity contribution in [2.45, 2.75) is 64.7 Å². The number of H-pyrrole nitrogens is 1. The van der Waals surface area contributed by atoms with Crippen LogP contribution in [-0.2, 0) is 11.2 Å². The molecule has 0 bridgehead atoms. The topological polar surface area (TPSA) is 113 Å². The van der Waals surface area contributed by atoms with Crippen molar-refractivity contribution in [3.8, 4) is 0 Å². The molecule has 0 aromatic carbocycles. The van der Waals surface area contributed by atoms with Gasteiger partial charge in [-0.25, -0.2) is 4.79 Å². The van der Waals surface area contributed by atoms with Crippen molar-refractivity contribution in [1.29, 1.82) is 0 Å². The SMILES string of the molecule is CC[C@H]1O[C@@H](n2cc(CCCCCN=[N+]=[N-])c(=O)[nH]c2=O)CC1C. The van der Waals surface area contributed by atoms with E-state index in [9.17, 15) is 9.59 Å². The van der Waals surface area contributed by atoms with E-state index in [0.29, 0.717) is 24.4 Å². The predicted molar refractivity (Wildman–Crippen MR) is 90.9 cm³/mol. The molecule has 2 rings (SSSR count). The minimum atomic E-state index is -0.416. The first-order chi connectivity index (χ1) is 11.6. The van der Waals surface area contributed by atoms with Gasteiger partial charge in [0.1, 0.15) is 6.23 Å². The monoisotopic (exact) mass is 335 g/mol. The van der Waals surface area contributed by atoms with Gasteiger partial charge in [-0.2, -0.15) is 0 Å². The van der Waals surface area contributed by atoms with Crippen molar-refractivity contribution in [1.82, 2.24) is 9.55 Å². The Bertz CT molecular complexity index is 704. The molecule has 0 radical (unpaired) electrons. The highest BCUT2D eigenvalue weighted by Crippen LogP contribution is 2.33. The largest absolute Gasteiger partial charge is 0.354 e. The molecule has 1 saturated heterocycles. The number of ether oxygens (including phenoxy) is 1. The lowest BCUT2D eigenvalue weighted by Gasteiger charge is -2.16. The highest BCUT2D eigenvalue weighted by molar-refractivity contribution is 5.05. The van der Waals surface area contributed by atoms with E-state index in [1.807, 2.05) is 0 Å². The van der Waals surface area contributed by atoms with Crippen molar-refractivity contribution in [2.24, 2.45) is 11.0 Å². The Kier molecular flexibility index (Phi) is 6.63. The summed E-state index contributed by atoms with van der Waals surface area (Å²) in [4.78, 5) is 29.2. The molecule has 24 heavy (non-hydrogen) atoms. The van der Waals surface area contributed by atoms with Crippen molar-refractivity contribution in [3.63, 3.8) is 0 Å². The van der Waals surface area contributed by atoms with E-state index < -0.39 is 5.69 Å². The average Bonchev–Trinajstić information content (AvgIpc) is 2.93. The molecule has 1 fully saturated rings. The summed E-state index contributed by atoms with van der Waals surface area (Å²) in [6.07, 6.45) is 6.23. The second kappa shape index (κ2) is 8.70. The Balaban J connectivity index is 2.04. The van der Waals surface area contributed by atoms with Crippen molar-refractivity contribution >= 4 is 0 Å². The maximum Gasteiger partial charge on any atom is 0.330 e. The van der Waals surface area contributed by atoms with Crippen LogP contribution in [0.1, 0.15) is 57.7 Å². The number of hydrogen-bond donors (Lipinski definition) is 1. The summed E-state index contributed by atoms with van der Waals surface area (Å²) in [5.74, 6) is 0.392. The van der Waals surface area contributed by atoms with Crippen molar-refractivity contribution in [3.05, 3.63) is 43.0 Å². The molecule has 0 spiro atoms. The quantitative estimate of drug-likeness (QED) is 0.341. The zero-order chi connectivity index (χ0) is 17.5. The van der Waals surface area contributed by atoms with Gasteiger partial charge in [0.15, 0.2) is 0 Å². The summed E-state index contributed by atoms with van der Waals surface area (Å²) in [5, 5.41) is 3.48. The fourth-order valence-corrected chi connectivity index (χ4v) is 3.18. The van der Waals surface area contributed by atoms with Crippen molar-refractivity contribution in [2.75, 3.05) is 6.54 Å². The summed E-state index contributed by atoms with van der Waals surface area (Å²) >= 11 is 0. The maximum atomic E-state index is 12.1. The maximum absolute atomic E-state index is 12.1. The lowest BCUT2D eigenvalue weighted by atomic mass is 10.0. The normalized spacial score (nSPS) is 23.2. The third-order valence-electron chi connectivity index (χ3n) is 4.56. The van der Waals surface area contributed by atoms with Crippen LogP contribution in [0.25, 0.3) is 10.4 Å². The molecule has 132 valence electrons. The van der Waals surface area contributed by atoms with Gasteiger partial charge < -0.3 is 4.74 Å². The molecule has 0 saturated carbocycles. The Hall–Kier alpha value is -2.05. The van der Waals surface area contributed by atoms with E-state index in [0.717, 1.165) is 32.1 Å². The first-order valence-electron chi connectivity index (χ1n) is 8.57. The Morgan fingerprint density at radius 2 is 2.21 bits per heavy atom. The standard InChI is InChI=1S/C16H25N5O3/c1-3-13-11(2)9-14(24-13)21-10-12(15(22)19-16(21)23)7-5-4-6-8-18-20-17/h10-11,13-14H,3-9H2,1-2H3,(H,19,22,23)/t11?,13-,14-/m1/s1. The lowest BCUT2D eigenvalue weighted by molar-refractivity contribution is -0.00772. The fraction of sp³-hybridized carbons (Fsp3) is 0.750. The van der Waals surface area contributed by atoms with Gasteiger partial charge in [0.25, 0.3) is 5.56 Å². The molecule has 1 aromatic heterocycles. The van der Waals surface area contributed by atoms with Crippen LogP contribution in [0.15, 0.2) is 20.9 Å². The third-order valence-corrected chi connectivity index (χ3v) is 4.56. The number of aryl methyl sites for hydroxylation is 1. The number of nitrogens with one attached hydrogen (secondary N) is 1. The number of rotatable bonds is 8. The van der Waals surface area contributed by atoms with E-state index in [1.54, 1.807) is 6.20 Å². The van der Waals surface area contributed by atoms with Gasteiger partial charge in [0.2, 0.25) is 0 Å². The Labute approximate surface area is 140 Å². The van der Waals surface area contributed by atoms with E-state index in [1.165, 1.54) is 4.57 Å². The van der Waals surface area contributed by atoms with E-state index in [-0.39, 0.29) is 17.9 Å². The number of nitrogens with zero attached hydrogens (tertiary/aromatic N) is 4. The molecule has 0 amide bonds. The lowest BCUT2D eigenvalue weighted by Crippen LogP contribution is -2.34. The van der Waals surface area contributed by atoms with Gasteiger partial charge >= 0.3 is 5.69 Å². The summed E-state index contributed by atoms with van der Waals surface area (Å²) in [7, 11) is 0. The predicted octanol–water partition coefficient (Wildman–Crippen LogP) is 2.89. The zero-order valence-electron chi connectivity index (χ0n) is 14.3. The molecule has 1 aromatic rings. The zero-order valence-corrected chi connectivity index (χ0v) is 14.3. The Morgan fingerprint density at radius 1 is 1.42 bits per heavy atom. The third kappa shape index (κ3) is 4.49. The molecular formula is C16H25N5O3. The molecule has 1 aliphatic rings. The molecule has 0 aliphatic carbocycles. The summed E-state index contributed by atoms with van der Waals surface area (Å²) in [6, 6.07) is 0. The van der Waals surface area contributed by atoms with Crippen LogP contribution in [0.2, 0.25) is 0 Å². The minimum Gasteiger partial charge on any atom is -0.354 e. The highest BCUT2D eigenvalue weighted by atomic mass is 16.5.